The highest BCUT2D eigenvalue weighted by Gasteiger charge is 2.22. The number of carbonyl (C=O) groups is 2. The van der Waals surface area contributed by atoms with Crippen molar-refractivity contribution in [2.45, 2.75) is 13.8 Å². The highest BCUT2D eigenvalue weighted by molar-refractivity contribution is 8.01. The van der Waals surface area contributed by atoms with Crippen LogP contribution in [0.5, 0.6) is 0 Å². The van der Waals surface area contributed by atoms with E-state index in [9.17, 15) is 9.59 Å². The lowest BCUT2D eigenvalue weighted by Crippen LogP contribution is -2.23. The summed E-state index contributed by atoms with van der Waals surface area (Å²) in [6.07, 6.45) is 6.86. The Balaban J connectivity index is 4.42. The predicted octanol–water partition coefficient (Wildman–Crippen LogP) is 3.15. The van der Waals surface area contributed by atoms with Gasteiger partial charge in [-0.2, -0.15) is 0 Å². The number of allylic oxidation sites excluding steroid dienone is 2. The van der Waals surface area contributed by atoms with Crippen LogP contribution in [0.25, 0.3) is 0 Å². The first-order chi connectivity index (χ1) is 7.54. The lowest BCUT2D eigenvalue weighted by Gasteiger charge is -2.13. The largest absolute Gasteiger partial charge is 0.295 e. The summed E-state index contributed by atoms with van der Waals surface area (Å²) >= 11 is 2.96. The van der Waals surface area contributed by atoms with Crippen LogP contribution in [-0.2, 0) is 9.59 Å². The monoisotopic (exact) mass is 258 g/mol. The number of hydrogen-bond acceptors (Lipinski definition) is 4. The molecule has 2 nitrogen and oxygen atoms in total. The van der Waals surface area contributed by atoms with E-state index in [-0.39, 0.29) is 23.4 Å². The standard InChI is InChI=1S/C12H18O2S2/c1-9(11(13)5-7-15-3)10(2)12(14)6-8-16-4/h5-10H,1-4H3/b7-5+,8-6+/t9-,10?/m1/s1. The van der Waals surface area contributed by atoms with Crippen LogP contribution in [0.15, 0.2) is 23.0 Å². The van der Waals surface area contributed by atoms with Crippen molar-refractivity contribution in [1.82, 2.24) is 0 Å². The Morgan fingerprint density at radius 1 is 0.875 bits per heavy atom. The first-order valence-corrected chi connectivity index (χ1v) is 7.58. The van der Waals surface area contributed by atoms with Crippen LogP contribution >= 0.6 is 23.5 Å². The lowest BCUT2D eigenvalue weighted by molar-refractivity contribution is -0.126. The van der Waals surface area contributed by atoms with E-state index >= 15 is 0 Å². The molecule has 0 rings (SSSR count). The molecule has 0 bridgehead atoms. The fourth-order valence-corrected chi connectivity index (χ4v) is 1.61. The van der Waals surface area contributed by atoms with E-state index in [1.54, 1.807) is 24.7 Å². The minimum Gasteiger partial charge on any atom is -0.295 e. The Hall–Kier alpha value is -0.480. The summed E-state index contributed by atoms with van der Waals surface area (Å²) in [5, 5.41) is 3.49. The van der Waals surface area contributed by atoms with E-state index < -0.39 is 0 Å². The molecule has 2 atom stereocenters. The summed E-state index contributed by atoms with van der Waals surface area (Å²) < 4.78 is 0. The van der Waals surface area contributed by atoms with Gasteiger partial charge in [0.2, 0.25) is 0 Å². The molecular weight excluding hydrogens is 240 g/mol. The molecule has 0 saturated carbocycles. The van der Waals surface area contributed by atoms with Crippen LogP contribution in [0.4, 0.5) is 0 Å². The van der Waals surface area contributed by atoms with Crippen LogP contribution in [0.1, 0.15) is 13.8 Å². The normalized spacial score (nSPS) is 15.5. The van der Waals surface area contributed by atoms with Crippen LogP contribution < -0.4 is 0 Å². The molecule has 16 heavy (non-hydrogen) atoms. The molecule has 0 fully saturated rings. The second kappa shape index (κ2) is 8.65. The first kappa shape index (κ1) is 15.5. The molecule has 0 aromatic carbocycles. The fraction of sp³-hybridized carbons (Fsp3) is 0.500. The minimum absolute atomic E-state index is 0.00718. The Labute approximate surface area is 106 Å². The highest BCUT2D eigenvalue weighted by atomic mass is 32.2. The molecule has 0 aliphatic heterocycles. The fourth-order valence-electron chi connectivity index (χ4n) is 1.07. The summed E-state index contributed by atoms with van der Waals surface area (Å²) in [6.45, 7) is 3.59. The average molecular weight is 258 g/mol. The zero-order valence-electron chi connectivity index (χ0n) is 10.1. The van der Waals surface area contributed by atoms with Gasteiger partial charge in [-0.05, 0) is 35.5 Å². The SMILES string of the molecule is CS/C=C/C(=O)C(C)[C@@H](C)C(=O)/C=C/SC. The minimum atomic E-state index is -0.262. The van der Waals surface area contributed by atoms with Crippen molar-refractivity contribution < 1.29 is 9.59 Å². The van der Waals surface area contributed by atoms with Crippen molar-refractivity contribution in [3.05, 3.63) is 23.0 Å². The van der Waals surface area contributed by atoms with Gasteiger partial charge in [0.25, 0.3) is 0 Å². The van der Waals surface area contributed by atoms with E-state index in [1.807, 2.05) is 12.5 Å². The maximum Gasteiger partial charge on any atom is 0.159 e. The summed E-state index contributed by atoms with van der Waals surface area (Å²) in [5.74, 6) is -0.509. The number of rotatable bonds is 7. The zero-order chi connectivity index (χ0) is 12.6. The first-order valence-electron chi connectivity index (χ1n) is 5.01. The molecule has 4 heteroatoms. The van der Waals surface area contributed by atoms with Crippen LogP contribution in [0, 0.1) is 11.8 Å². The van der Waals surface area contributed by atoms with Gasteiger partial charge in [0.15, 0.2) is 11.6 Å². The molecule has 1 unspecified atom stereocenters. The quantitative estimate of drug-likeness (QED) is 0.657. The third-order valence-electron chi connectivity index (χ3n) is 2.38. The number of hydrogen-bond donors (Lipinski definition) is 0. The van der Waals surface area contributed by atoms with Crippen molar-refractivity contribution in [1.29, 1.82) is 0 Å². The molecule has 0 aliphatic rings. The summed E-state index contributed by atoms with van der Waals surface area (Å²) in [6, 6.07) is 0. The van der Waals surface area contributed by atoms with E-state index in [0.29, 0.717) is 0 Å². The summed E-state index contributed by atoms with van der Waals surface area (Å²) in [5.41, 5.74) is 0. The van der Waals surface area contributed by atoms with Gasteiger partial charge in [0.05, 0.1) is 0 Å². The van der Waals surface area contributed by atoms with Crippen molar-refractivity contribution in [3.63, 3.8) is 0 Å². The molecule has 0 saturated heterocycles. The van der Waals surface area contributed by atoms with Crippen molar-refractivity contribution in [2.24, 2.45) is 11.8 Å². The third-order valence-corrected chi connectivity index (χ3v) is 3.20. The van der Waals surface area contributed by atoms with Gasteiger partial charge in [-0.15, -0.1) is 23.5 Å². The Bertz CT molecular complexity index is 265. The Morgan fingerprint density at radius 2 is 1.19 bits per heavy atom. The van der Waals surface area contributed by atoms with Crippen molar-refractivity contribution >= 4 is 35.1 Å². The molecule has 0 N–H and O–H groups in total. The molecule has 90 valence electrons. The molecule has 0 aliphatic carbocycles. The van der Waals surface area contributed by atoms with Gasteiger partial charge in [-0.25, -0.2) is 0 Å². The molecule has 0 radical (unpaired) electrons. The topological polar surface area (TPSA) is 34.1 Å². The molecule has 0 amide bonds. The zero-order valence-corrected chi connectivity index (χ0v) is 11.7. The Kier molecular flexibility index (Phi) is 8.39. The maximum absolute atomic E-state index is 11.6. The number of ketones is 2. The van der Waals surface area contributed by atoms with E-state index in [2.05, 4.69) is 0 Å². The molecule has 0 heterocycles. The van der Waals surface area contributed by atoms with Crippen LogP contribution in [0.2, 0.25) is 0 Å². The average Bonchev–Trinajstić information content (AvgIpc) is 2.30. The van der Waals surface area contributed by atoms with Gasteiger partial charge in [0.1, 0.15) is 0 Å². The van der Waals surface area contributed by atoms with Gasteiger partial charge in [-0.3, -0.25) is 9.59 Å². The van der Waals surface area contributed by atoms with Gasteiger partial charge in [0, 0.05) is 11.8 Å². The molecular formula is C12H18O2S2. The van der Waals surface area contributed by atoms with Gasteiger partial charge < -0.3 is 0 Å². The smallest absolute Gasteiger partial charge is 0.159 e. The number of thioether (sulfide) groups is 2. The highest BCUT2D eigenvalue weighted by Crippen LogP contribution is 2.15. The second-order valence-electron chi connectivity index (χ2n) is 3.46. The van der Waals surface area contributed by atoms with E-state index in [1.165, 1.54) is 35.7 Å². The summed E-state index contributed by atoms with van der Waals surface area (Å²) in [7, 11) is 0. The second-order valence-corrected chi connectivity index (χ2v) is 4.95. The summed E-state index contributed by atoms with van der Waals surface area (Å²) in [4.78, 5) is 23.3. The molecule has 0 spiro atoms. The lowest BCUT2D eigenvalue weighted by atomic mass is 9.88. The predicted molar refractivity (Wildman–Crippen MR) is 73.7 cm³/mol. The van der Waals surface area contributed by atoms with Crippen molar-refractivity contribution in [3.8, 4) is 0 Å². The van der Waals surface area contributed by atoms with Crippen LogP contribution in [0.3, 0.4) is 0 Å². The Morgan fingerprint density at radius 3 is 1.44 bits per heavy atom. The van der Waals surface area contributed by atoms with Crippen LogP contribution in [-0.4, -0.2) is 24.1 Å². The van der Waals surface area contributed by atoms with E-state index in [0.717, 1.165) is 0 Å². The van der Waals surface area contributed by atoms with Gasteiger partial charge >= 0.3 is 0 Å². The van der Waals surface area contributed by atoms with Gasteiger partial charge in [-0.1, -0.05) is 13.8 Å². The molecule has 0 aromatic rings. The maximum atomic E-state index is 11.6. The van der Waals surface area contributed by atoms with Crippen molar-refractivity contribution in [2.75, 3.05) is 12.5 Å². The third kappa shape index (κ3) is 5.56. The van der Waals surface area contributed by atoms with E-state index in [4.69, 9.17) is 0 Å². The number of carbonyl (C=O) groups excluding carboxylic acids is 2. The molecule has 0 aromatic heterocycles.